The number of aryl methyl sites for hydroxylation is 2. The van der Waals surface area contributed by atoms with Crippen molar-refractivity contribution in [3.63, 3.8) is 0 Å². The van der Waals surface area contributed by atoms with Gasteiger partial charge in [-0.2, -0.15) is 5.10 Å². The van der Waals surface area contributed by atoms with E-state index in [1.807, 2.05) is 16.9 Å². The Kier molecular flexibility index (Phi) is 4.43. The Morgan fingerprint density at radius 2 is 1.59 bits per heavy atom. The first-order valence-electron chi connectivity index (χ1n) is 10.2. The maximum atomic E-state index is 4.83. The zero-order valence-electron chi connectivity index (χ0n) is 16.9. The smallest absolute Gasteiger partial charge is 0.154 e. The Labute approximate surface area is 171 Å². The highest BCUT2D eigenvalue weighted by atomic mass is 15.3. The highest BCUT2D eigenvalue weighted by Crippen LogP contribution is 2.28. The number of hydrogen-bond donors (Lipinski definition) is 0. The molecule has 0 N–H and O–H groups in total. The van der Waals surface area contributed by atoms with E-state index in [9.17, 15) is 0 Å². The van der Waals surface area contributed by atoms with Gasteiger partial charge in [-0.25, -0.2) is 9.50 Å². The number of piperazine rings is 1. The lowest BCUT2D eigenvalue weighted by molar-refractivity contribution is 0.647. The first-order valence-corrected chi connectivity index (χ1v) is 10.2. The molecule has 1 fully saturated rings. The molecule has 0 saturated carbocycles. The largest absolute Gasteiger partial charge is 0.368 e. The van der Waals surface area contributed by atoms with E-state index in [4.69, 9.17) is 10.1 Å². The third kappa shape index (κ3) is 3.33. The summed E-state index contributed by atoms with van der Waals surface area (Å²) in [6, 6.07) is 19.3. The highest BCUT2D eigenvalue weighted by Gasteiger charge is 2.21. The summed E-state index contributed by atoms with van der Waals surface area (Å²) in [4.78, 5) is 9.53. The van der Waals surface area contributed by atoms with Crippen LogP contribution in [-0.4, -0.2) is 40.8 Å². The lowest BCUT2D eigenvalue weighted by atomic mass is 10.0. The molecular weight excluding hydrogens is 358 g/mol. The van der Waals surface area contributed by atoms with Gasteiger partial charge in [0, 0.05) is 49.8 Å². The molecule has 2 aromatic carbocycles. The Balaban J connectivity index is 1.43. The number of nitrogens with zero attached hydrogens (tertiary/aromatic N) is 5. The van der Waals surface area contributed by atoms with Gasteiger partial charge in [-0.15, -0.1) is 0 Å². The Hall–Kier alpha value is -3.34. The number of rotatable bonds is 3. The lowest BCUT2D eigenvalue weighted by Crippen LogP contribution is -2.47. The van der Waals surface area contributed by atoms with E-state index in [1.165, 1.54) is 22.4 Å². The van der Waals surface area contributed by atoms with Crippen LogP contribution in [0.15, 0.2) is 67.0 Å². The molecule has 0 unspecified atom stereocenters. The molecule has 0 amide bonds. The molecule has 0 spiro atoms. The van der Waals surface area contributed by atoms with Crippen LogP contribution >= 0.6 is 0 Å². The van der Waals surface area contributed by atoms with Gasteiger partial charge in [-0.3, -0.25) is 0 Å². The third-order valence-electron chi connectivity index (χ3n) is 5.73. The monoisotopic (exact) mass is 383 g/mol. The van der Waals surface area contributed by atoms with Crippen molar-refractivity contribution in [2.75, 3.05) is 36.0 Å². The zero-order chi connectivity index (χ0) is 19.8. The lowest BCUT2D eigenvalue weighted by Gasteiger charge is -2.36. The molecule has 3 heterocycles. The molecule has 4 aromatic rings. The summed E-state index contributed by atoms with van der Waals surface area (Å²) >= 11 is 0. The summed E-state index contributed by atoms with van der Waals surface area (Å²) in [5, 5.41) is 4.83. The topological polar surface area (TPSA) is 36.7 Å². The predicted molar refractivity (Wildman–Crippen MR) is 119 cm³/mol. The summed E-state index contributed by atoms with van der Waals surface area (Å²) in [6.45, 7) is 8.15. The number of benzene rings is 2. The summed E-state index contributed by atoms with van der Waals surface area (Å²) in [5.41, 5.74) is 7.06. The van der Waals surface area contributed by atoms with Crippen LogP contribution in [0.1, 0.15) is 11.1 Å². The van der Waals surface area contributed by atoms with Crippen molar-refractivity contribution in [1.82, 2.24) is 14.6 Å². The van der Waals surface area contributed by atoms with Crippen LogP contribution in [0.3, 0.4) is 0 Å². The average molecular weight is 383 g/mol. The van der Waals surface area contributed by atoms with Crippen LogP contribution in [0.25, 0.3) is 16.8 Å². The minimum absolute atomic E-state index is 0.950. The molecule has 5 nitrogen and oxygen atoms in total. The van der Waals surface area contributed by atoms with E-state index < -0.39 is 0 Å². The van der Waals surface area contributed by atoms with Gasteiger partial charge in [-0.1, -0.05) is 42.0 Å². The van der Waals surface area contributed by atoms with Crippen LogP contribution in [0.4, 0.5) is 11.5 Å². The number of fused-ring (bicyclic) bond motifs is 1. The molecule has 29 heavy (non-hydrogen) atoms. The minimum atomic E-state index is 0.950. The second-order valence-electron chi connectivity index (χ2n) is 7.74. The minimum Gasteiger partial charge on any atom is -0.368 e. The van der Waals surface area contributed by atoms with Gasteiger partial charge < -0.3 is 9.80 Å². The first kappa shape index (κ1) is 17.7. The van der Waals surface area contributed by atoms with Gasteiger partial charge in [-0.05, 0) is 37.6 Å². The van der Waals surface area contributed by atoms with Crippen LogP contribution < -0.4 is 9.80 Å². The molecule has 2 aromatic heterocycles. The van der Waals surface area contributed by atoms with E-state index in [-0.39, 0.29) is 0 Å². The number of aromatic nitrogens is 3. The number of anilines is 2. The Morgan fingerprint density at radius 3 is 2.34 bits per heavy atom. The fourth-order valence-corrected chi connectivity index (χ4v) is 4.20. The van der Waals surface area contributed by atoms with E-state index in [0.717, 1.165) is 43.2 Å². The first-order chi connectivity index (χ1) is 14.2. The molecule has 1 saturated heterocycles. The van der Waals surface area contributed by atoms with Crippen molar-refractivity contribution < 1.29 is 0 Å². The predicted octanol–water partition coefficient (Wildman–Crippen LogP) is 4.34. The van der Waals surface area contributed by atoms with Gasteiger partial charge in [0.25, 0.3) is 0 Å². The summed E-state index contributed by atoms with van der Waals surface area (Å²) in [5.74, 6) is 1.02. The van der Waals surface area contributed by atoms with Crippen LogP contribution in [0, 0.1) is 13.8 Å². The molecule has 146 valence electrons. The molecule has 0 radical (unpaired) electrons. The molecule has 5 rings (SSSR count). The molecule has 1 aliphatic heterocycles. The fourth-order valence-electron chi connectivity index (χ4n) is 4.20. The van der Waals surface area contributed by atoms with Crippen molar-refractivity contribution in [2.24, 2.45) is 0 Å². The van der Waals surface area contributed by atoms with Gasteiger partial charge in [0.1, 0.15) is 5.52 Å². The van der Waals surface area contributed by atoms with Gasteiger partial charge in [0.05, 0.1) is 5.69 Å². The quantitative estimate of drug-likeness (QED) is 0.527. The van der Waals surface area contributed by atoms with Crippen molar-refractivity contribution in [3.05, 3.63) is 78.1 Å². The van der Waals surface area contributed by atoms with Gasteiger partial charge >= 0.3 is 0 Å². The molecule has 5 heteroatoms. The van der Waals surface area contributed by atoms with E-state index in [0.29, 0.717) is 0 Å². The van der Waals surface area contributed by atoms with Crippen molar-refractivity contribution in [2.45, 2.75) is 13.8 Å². The van der Waals surface area contributed by atoms with Crippen molar-refractivity contribution in [3.8, 4) is 11.3 Å². The Bertz CT molecular complexity index is 1140. The van der Waals surface area contributed by atoms with Crippen LogP contribution in [0.2, 0.25) is 0 Å². The molecular formula is C24H25N5. The van der Waals surface area contributed by atoms with Crippen LogP contribution in [-0.2, 0) is 0 Å². The summed E-state index contributed by atoms with van der Waals surface area (Å²) in [6.07, 6.45) is 3.79. The molecule has 0 bridgehead atoms. The third-order valence-corrected chi connectivity index (χ3v) is 5.73. The van der Waals surface area contributed by atoms with Crippen LogP contribution in [0.5, 0.6) is 0 Å². The summed E-state index contributed by atoms with van der Waals surface area (Å²) < 4.78 is 1.96. The zero-order valence-corrected chi connectivity index (χ0v) is 16.9. The maximum Gasteiger partial charge on any atom is 0.154 e. The fraction of sp³-hybridized carbons (Fsp3) is 0.250. The number of hydrogen-bond acceptors (Lipinski definition) is 4. The highest BCUT2D eigenvalue weighted by molar-refractivity contribution is 5.76. The van der Waals surface area contributed by atoms with Crippen molar-refractivity contribution >= 4 is 17.0 Å². The maximum absolute atomic E-state index is 4.83. The van der Waals surface area contributed by atoms with Crippen molar-refractivity contribution in [1.29, 1.82) is 0 Å². The second-order valence-corrected chi connectivity index (χ2v) is 7.74. The standard InChI is InChI=1S/C24H25N5/c1-18-8-9-21(19(2)16-18)22-17-23-24(25-10-11-29(23)26-22)28-14-12-27(13-15-28)20-6-4-3-5-7-20/h3-11,16-17H,12-15H2,1-2H3. The molecule has 0 atom stereocenters. The van der Waals surface area contributed by atoms with E-state index in [2.05, 4.69) is 78.2 Å². The normalized spacial score (nSPS) is 14.6. The number of para-hydroxylation sites is 1. The second kappa shape index (κ2) is 7.24. The molecule has 0 aliphatic carbocycles. The average Bonchev–Trinajstić information content (AvgIpc) is 3.18. The Morgan fingerprint density at radius 1 is 0.828 bits per heavy atom. The van der Waals surface area contributed by atoms with E-state index in [1.54, 1.807) is 0 Å². The SMILES string of the molecule is Cc1ccc(-c2cc3c(N4CCN(c5ccccc5)CC4)nccn3n2)c(C)c1. The van der Waals surface area contributed by atoms with Gasteiger partial charge in [0.2, 0.25) is 0 Å². The van der Waals surface area contributed by atoms with E-state index >= 15 is 0 Å². The molecule has 1 aliphatic rings. The summed E-state index contributed by atoms with van der Waals surface area (Å²) in [7, 11) is 0. The van der Waals surface area contributed by atoms with Gasteiger partial charge in [0.15, 0.2) is 5.82 Å².